The van der Waals surface area contributed by atoms with Crippen molar-refractivity contribution in [2.45, 2.75) is 44.4 Å². The molecule has 3 aromatic rings. The molecule has 1 aromatic heterocycles. The van der Waals surface area contributed by atoms with E-state index in [0.29, 0.717) is 21.7 Å². The summed E-state index contributed by atoms with van der Waals surface area (Å²) in [5, 5.41) is 17.9. The normalized spacial score (nSPS) is 14.8. The maximum absolute atomic E-state index is 11.2. The van der Waals surface area contributed by atoms with Crippen molar-refractivity contribution in [1.82, 2.24) is 4.31 Å². The number of aliphatic carboxylic acids is 1. The molecule has 0 spiro atoms. The molecule has 38 heavy (non-hydrogen) atoms. The third kappa shape index (κ3) is 8.04. The lowest BCUT2D eigenvalue weighted by molar-refractivity contribution is -0.139. The number of carboxylic acid groups (broad SMARTS) is 2. The minimum Gasteiger partial charge on any atom is -0.479 e. The molecule has 0 atom stereocenters. The van der Waals surface area contributed by atoms with Gasteiger partial charge >= 0.3 is 11.9 Å². The summed E-state index contributed by atoms with van der Waals surface area (Å²) in [5.41, 5.74) is 15.1. The molecule has 204 valence electrons. The first-order valence-electron chi connectivity index (χ1n) is 12.0. The Morgan fingerprint density at radius 3 is 2.39 bits per heavy atom. The van der Waals surface area contributed by atoms with E-state index in [0.717, 1.165) is 22.8 Å². The number of rotatable bonds is 8. The fourth-order valence-corrected chi connectivity index (χ4v) is 6.57. The average molecular weight is 578 g/mol. The fraction of sp³-hybridized carbons (Fsp3) is 0.333. The van der Waals surface area contributed by atoms with Crippen LogP contribution in [-0.2, 0) is 10.5 Å². The van der Waals surface area contributed by atoms with Crippen molar-refractivity contribution >= 4 is 58.2 Å². The molecular weight excluding hydrogens is 546 g/mol. The lowest BCUT2D eigenvalue weighted by Gasteiger charge is -2.41. The van der Waals surface area contributed by atoms with E-state index in [9.17, 15) is 9.59 Å². The first kappa shape index (κ1) is 29.6. The fourth-order valence-electron chi connectivity index (χ4n) is 3.98. The van der Waals surface area contributed by atoms with E-state index in [1.54, 1.807) is 24.3 Å². The van der Waals surface area contributed by atoms with Crippen LogP contribution in [0, 0.1) is 0 Å². The van der Waals surface area contributed by atoms with Crippen molar-refractivity contribution in [2.75, 3.05) is 24.6 Å². The van der Waals surface area contributed by atoms with Crippen LogP contribution >= 0.6 is 34.9 Å². The van der Waals surface area contributed by atoms with Crippen LogP contribution in [0.4, 0.5) is 11.4 Å². The van der Waals surface area contributed by atoms with Gasteiger partial charge in [0.2, 0.25) is 0 Å². The second-order valence-corrected chi connectivity index (χ2v) is 11.8. The minimum absolute atomic E-state index is 0.0595. The summed E-state index contributed by atoms with van der Waals surface area (Å²) >= 11 is 8.98. The van der Waals surface area contributed by atoms with Gasteiger partial charge in [-0.2, -0.15) is 0 Å². The van der Waals surface area contributed by atoms with Crippen molar-refractivity contribution in [1.29, 1.82) is 0 Å². The molecule has 4 rings (SSSR count). The molecule has 0 aliphatic carbocycles. The summed E-state index contributed by atoms with van der Waals surface area (Å²) in [6.07, 6.45) is 3.99. The molecule has 0 amide bonds. The largest absolute Gasteiger partial charge is 0.479 e. The van der Waals surface area contributed by atoms with Gasteiger partial charge in [-0.1, -0.05) is 54.2 Å². The predicted octanol–water partition coefficient (Wildman–Crippen LogP) is 6.49. The van der Waals surface area contributed by atoms with Gasteiger partial charge in [-0.15, -0.1) is 11.3 Å². The summed E-state index contributed by atoms with van der Waals surface area (Å²) < 4.78 is 7.53. The van der Waals surface area contributed by atoms with Crippen LogP contribution < -0.4 is 16.2 Å². The van der Waals surface area contributed by atoms with Gasteiger partial charge in [0.25, 0.3) is 0 Å². The van der Waals surface area contributed by atoms with E-state index >= 15 is 0 Å². The number of carbonyl (C=O) groups is 2. The molecule has 2 heterocycles. The number of nitrogen functional groups attached to an aromatic ring is 2. The third-order valence-electron chi connectivity index (χ3n) is 5.91. The summed E-state index contributed by atoms with van der Waals surface area (Å²) in [7, 11) is 0. The Morgan fingerprint density at radius 1 is 1.11 bits per heavy atom. The van der Waals surface area contributed by atoms with Crippen molar-refractivity contribution in [2.24, 2.45) is 0 Å². The number of aromatic carboxylic acids is 1. The summed E-state index contributed by atoms with van der Waals surface area (Å²) in [4.78, 5) is 22.1. The smallest absolute Gasteiger partial charge is 0.349 e. The average Bonchev–Trinajstić information content (AvgIpc) is 3.18. The Morgan fingerprint density at radius 2 is 1.79 bits per heavy atom. The zero-order valence-corrected chi connectivity index (χ0v) is 23.7. The zero-order chi connectivity index (χ0) is 27.9. The second-order valence-electron chi connectivity index (χ2n) is 9.41. The van der Waals surface area contributed by atoms with Crippen LogP contribution in [0.15, 0.2) is 48.5 Å². The lowest BCUT2D eigenvalue weighted by atomic mass is 9.93. The van der Waals surface area contributed by atoms with Crippen LogP contribution in [0.3, 0.4) is 0 Å². The monoisotopic (exact) mass is 577 g/mol. The highest BCUT2D eigenvalue weighted by Gasteiger charge is 2.30. The minimum atomic E-state index is -1.24. The number of piperidine rings is 1. The SMILES string of the molecule is CC1(C)CCCCN1SCc1cccc(N)c1.Nc1cccc(-c2sc(C(=O)O)c(OCC(=O)O)c2Cl)c1. The van der Waals surface area contributed by atoms with Crippen LogP contribution in [0.5, 0.6) is 5.75 Å². The number of anilines is 2. The molecule has 2 aromatic carbocycles. The van der Waals surface area contributed by atoms with Crippen molar-refractivity contribution in [3.63, 3.8) is 0 Å². The number of nitrogens with two attached hydrogens (primary N) is 2. The van der Waals surface area contributed by atoms with E-state index in [1.807, 2.05) is 24.1 Å². The Labute approximate surface area is 235 Å². The lowest BCUT2D eigenvalue weighted by Crippen LogP contribution is -2.42. The van der Waals surface area contributed by atoms with E-state index < -0.39 is 18.5 Å². The number of ether oxygens (including phenoxy) is 1. The van der Waals surface area contributed by atoms with Gasteiger partial charge in [-0.25, -0.2) is 13.9 Å². The Kier molecular flexibility index (Phi) is 10.3. The molecule has 11 heteroatoms. The number of benzene rings is 2. The number of thiophene rings is 1. The first-order chi connectivity index (χ1) is 18.0. The molecule has 8 nitrogen and oxygen atoms in total. The van der Waals surface area contributed by atoms with Crippen molar-refractivity contribution < 1.29 is 24.5 Å². The Hall–Kier alpha value is -2.92. The summed E-state index contributed by atoms with van der Waals surface area (Å²) in [5.74, 6) is -1.58. The third-order valence-corrected chi connectivity index (χ3v) is 9.04. The van der Waals surface area contributed by atoms with E-state index in [2.05, 4.69) is 30.3 Å². The Bertz CT molecular complexity index is 1280. The maximum atomic E-state index is 11.2. The number of hydrogen-bond donors (Lipinski definition) is 4. The number of hydrogen-bond acceptors (Lipinski definition) is 8. The van der Waals surface area contributed by atoms with Crippen molar-refractivity contribution in [3.8, 4) is 16.2 Å². The Balaban J connectivity index is 0.000000215. The van der Waals surface area contributed by atoms with E-state index in [1.165, 1.54) is 31.4 Å². The molecule has 1 aliphatic rings. The summed E-state index contributed by atoms with van der Waals surface area (Å²) in [6, 6.07) is 15.0. The quantitative estimate of drug-likeness (QED) is 0.174. The molecule has 6 N–H and O–H groups in total. The van der Waals surface area contributed by atoms with Gasteiger partial charge in [0, 0.05) is 29.2 Å². The molecule has 1 saturated heterocycles. The van der Waals surface area contributed by atoms with Crippen LogP contribution in [-0.4, -0.2) is 45.1 Å². The highest BCUT2D eigenvalue weighted by Crippen LogP contribution is 2.45. The van der Waals surface area contributed by atoms with Crippen LogP contribution in [0.2, 0.25) is 5.02 Å². The van der Waals surface area contributed by atoms with Gasteiger partial charge in [0.05, 0.1) is 4.88 Å². The first-order valence-corrected chi connectivity index (χ1v) is 14.1. The van der Waals surface area contributed by atoms with Gasteiger partial charge < -0.3 is 26.4 Å². The van der Waals surface area contributed by atoms with E-state index in [-0.39, 0.29) is 15.6 Å². The molecular formula is C27H32ClN3O5S2. The second kappa shape index (κ2) is 13.2. The molecule has 0 bridgehead atoms. The van der Waals surface area contributed by atoms with E-state index in [4.69, 9.17) is 38.0 Å². The van der Waals surface area contributed by atoms with Crippen molar-refractivity contribution in [3.05, 3.63) is 64.0 Å². The van der Waals surface area contributed by atoms with Crippen LogP contribution in [0.25, 0.3) is 10.4 Å². The highest BCUT2D eigenvalue weighted by molar-refractivity contribution is 7.96. The molecule has 1 fully saturated rings. The molecule has 1 aliphatic heterocycles. The number of halogens is 1. The predicted molar refractivity (Wildman–Crippen MR) is 156 cm³/mol. The molecule has 0 unspecified atom stereocenters. The summed E-state index contributed by atoms with van der Waals surface area (Å²) in [6.45, 7) is 5.23. The van der Waals surface area contributed by atoms with Gasteiger partial charge in [0.1, 0.15) is 5.02 Å². The molecule has 0 radical (unpaired) electrons. The van der Waals surface area contributed by atoms with Gasteiger partial charge in [-0.05, 0) is 62.1 Å². The number of nitrogens with zero attached hydrogens (tertiary/aromatic N) is 1. The zero-order valence-electron chi connectivity index (χ0n) is 21.3. The van der Waals surface area contributed by atoms with Crippen LogP contribution in [0.1, 0.15) is 48.3 Å². The maximum Gasteiger partial charge on any atom is 0.349 e. The number of carboxylic acids is 2. The van der Waals surface area contributed by atoms with Gasteiger partial charge in [0.15, 0.2) is 17.2 Å². The topological polar surface area (TPSA) is 139 Å². The molecule has 0 saturated carbocycles. The highest BCUT2D eigenvalue weighted by atomic mass is 35.5. The van der Waals surface area contributed by atoms with Gasteiger partial charge in [-0.3, -0.25) is 0 Å². The standard InChI is InChI=1S/C14H22N2S.C13H10ClNO5S/c1-14(2)8-3-4-9-16(14)17-11-12-6-5-7-13(15)10-12;14-9-10(20-5-8(16)17)12(13(18)19)21-11(9)6-2-1-3-7(15)4-6/h5-7,10H,3-4,8-9,11,15H2,1-2H3;1-4H,5,15H2,(H,16,17)(H,18,19).